The molecule has 4 aliphatic rings. The Labute approximate surface area is 142 Å². The average molecular weight is 327 g/mol. The fourth-order valence-corrected chi connectivity index (χ4v) is 6.62. The Morgan fingerprint density at radius 1 is 1.00 bits per heavy atom. The average Bonchev–Trinajstić information content (AvgIpc) is 2.86. The van der Waals surface area contributed by atoms with Crippen molar-refractivity contribution in [2.45, 2.75) is 65.2 Å². The third-order valence-corrected chi connectivity index (χ3v) is 7.95. The maximum absolute atomic E-state index is 12.4. The summed E-state index contributed by atoms with van der Waals surface area (Å²) in [6, 6.07) is 0. The molecule has 4 aliphatic carbocycles. The van der Waals surface area contributed by atoms with Gasteiger partial charge in [-0.15, -0.1) is 0 Å². The summed E-state index contributed by atoms with van der Waals surface area (Å²) in [4.78, 5) is 27.6. The Bertz CT molecular complexity index is 705. The van der Waals surface area contributed by atoms with Crippen molar-refractivity contribution in [2.75, 3.05) is 0 Å². The highest BCUT2D eigenvalue weighted by molar-refractivity contribution is 5.97. The number of carbonyl (C=O) groups excluding carboxylic acids is 2. The van der Waals surface area contributed by atoms with Crippen LogP contribution in [0.4, 0.5) is 0 Å². The minimum atomic E-state index is -0.114. The Morgan fingerprint density at radius 3 is 2.50 bits per heavy atom. The number of hydrogen-bond donors (Lipinski definition) is 0. The summed E-state index contributed by atoms with van der Waals surface area (Å²) in [6.07, 6.45) is 7.04. The monoisotopic (exact) mass is 327 g/mol. The molecule has 0 N–H and O–H groups in total. The predicted molar refractivity (Wildman–Crippen MR) is 89.8 cm³/mol. The van der Waals surface area contributed by atoms with Gasteiger partial charge >= 0.3 is 0 Å². The zero-order chi connectivity index (χ0) is 17.1. The smallest absolute Gasteiger partial charge is 0.165 e. The standard InChI is InChI=1S/C19H25N3O2/c1-18-10-8-15(23)17(21-22-20)14(18)4-3-11-12-5-6-16(24)19(12,2)9-7-13(11)18/h11-13H,3-10H2,1-2H3/t11-,12-,13-,18+,19-/m0/s1. The molecule has 5 heteroatoms. The van der Waals surface area contributed by atoms with Crippen LogP contribution in [-0.4, -0.2) is 11.6 Å². The van der Waals surface area contributed by atoms with E-state index in [-0.39, 0.29) is 16.6 Å². The summed E-state index contributed by atoms with van der Waals surface area (Å²) in [5.41, 5.74) is 10.2. The first-order chi connectivity index (χ1) is 11.4. The van der Waals surface area contributed by atoms with E-state index in [4.69, 9.17) is 5.53 Å². The van der Waals surface area contributed by atoms with E-state index in [9.17, 15) is 9.59 Å². The molecule has 128 valence electrons. The second kappa shape index (κ2) is 5.19. The van der Waals surface area contributed by atoms with Crippen molar-refractivity contribution < 1.29 is 9.59 Å². The molecule has 0 aromatic heterocycles. The molecule has 3 fully saturated rings. The van der Waals surface area contributed by atoms with Crippen molar-refractivity contribution in [2.24, 2.45) is 33.7 Å². The van der Waals surface area contributed by atoms with Crippen LogP contribution in [-0.2, 0) is 9.59 Å². The van der Waals surface area contributed by atoms with Crippen LogP contribution in [0.15, 0.2) is 16.4 Å². The molecule has 0 spiro atoms. The minimum Gasteiger partial charge on any atom is -0.299 e. The summed E-state index contributed by atoms with van der Waals surface area (Å²) in [6.45, 7) is 4.46. The van der Waals surface area contributed by atoms with Crippen LogP contribution in [0.2, 0.25) is 0 Å². The molecule has 5 nitrogen and oxygen atoms in total. The molecule has 0 aromatic rings. The lowest BCUT2D eigenvalue weighted by Crippen LogP contribution is -2.51. The number of hydrogen-bond acceptors (Lipinski definition) is 3. The van der Waals surface area contributed by atoms with Crippen molar-refractivity contribution in [3.8, 4) is 0 Å². The van der Waals surface area contributed by atoms with Crippen LogP contribution >= 0.6 is 0 Å². The summed E-state index contributed by atoms with van der Waals surface area (Å²) >= 11 is 0. The quantitative estimate of drug-likeness (QED) is 0.396. The van der Waals surface area contributed by atoms with Gasteiger partial charge in [0.25, 0.3) is 0 Å². The zero-order valence-electron chi connectivity index (χ0n) is 14.5. The first-order valence-electron chi connectivity index (χ1n) is 9.27. The van der Waals surface area contributed by atoms with Gasteiger partial charge in [0.15, 0.2) is 5.78 Å². The maximum Gasteiger partial charge on any atom is 0.165 e. The molecule has 24 heavy (non-hydrogen) atoms. The van der Waals surface area contributed by atoms with Crippen LogP contribution in [0.25, 0.3) is 10.4 Å². The molecule has 3 saturated carbocycles. The molecule has 0 aromatic carbocycles. The fraction of sp³-hybridized carbons (Fsp3) is 0.789. The van der Waals surface area contributed by atoms with Gasteiger partial charge in [0.2, 0.25) is 0 Å². The van der Waals surface area contributed by atoms with Crippen LogP contribution < -0.4 is 0 Å². The van der Waals surface area contributed by atoms with Gasteiger partial charge in [-0.1, -0.05) is 24.5 Å². The van der Waals surface area contributed by atoms with Crippen molar-refractivity contribution in [3.05, 3.63) is 21.7 Å². The second-order valence-corrected chi connectivity index (χ2v) is 8.69. The van der Waals surface area contributed by atoms with E-state index in [2.05, 4.69) is 23.9 Å². The lowest BCUT2D eigenvalue weighted by molar-refractivity contribution is -0.132. The maximum atomic E-state index is 12.4. The lowest BCUT2D eigenvalue weighted by Gasteiger charge is -2.57. The second-order valence-electron chi connectivity index (χ2n) is 8.69. The Morgan fingerprint density at radius 2 is 1.75 bits per heavy atom. The minimum absolute atomic E-state index is 0.00965. The van der Waals surface area contributed by atoms with Gasteiger partial charge in [0.05, 0.1) is 5.70 Å². The highest BCUT2D eigenvalue weighted by Gasteiger charge is 2.59. The van der Waals surface area contributed by atoms with Crippen LogP contribution in [0.3, 0.4) is 0 Å². The van der Waals surface area contributed by atoms with Crippen LogP contribution in [0.1, 0.15) is 65.2 Å². The highest BCUT2D eigenvalue weighted by atomic mass is 16.1. The molecule has 4 rings (SSSR count). The molecule has 0 aliphatic heterocycles. The number of allylic oxidation sites excluding steroid dienone is 1. The fourth-order valence-electron chi connectivity index (χ4n) is 6.62. The van der Waals surface area contributed by atoms with Crippen molar-refractivity contribution >= 4 is 11.6 Å². The SMILES string of the molecule is C[C@]12CCC(=O)C(N=[N+]=[N-])=C1CC[C@@H]1[C@@H]2CC[C@]2(C)C(=O)CC[C@@H]12. The van der Waals surface area contributed by atoms with Crippen molar-refractivity contribution in [1.82, 2.24) is 0 Å². The molecule has 0 amide bonds. The Balaban J connectivity index is 1.76. The van der Waals surface area contributed by atoms with E-state index < -0.39 is 0 Å². The van der Waals surface area contributed by atoms with Gasteiger partial charge < -0.3 is 0 Å². The summed E-state index contributed by atoms with van der Waals surface area (Å²) in [5.74, 6) is 2.07. The zero-order valence-corrected chi connectivity index (χ0v) is 14.5. The molecular formula is C19H25N3O2. The summed E-state index contributed by atoms with van der Waals surface area (Å²) in [7, 11) is 0. The molecule has 0 heterocycles. The van der Waals surface area contributed by atoms with Gasteiger partial charge in [-0.25, -0.2) is 0 Å². The molecular weight excluding hydrogens is 302 g/mol. The summed E-state index contributed by atoms with van der Waals surface area (Å²) < 4.78 is 0. The number of azide groups is 1. The highest BCUT2D eigenvalue weighted by Crippen LogP contribution is 2.64. The molecule has 0 saturated heterocycles. The lowest BCUT2D eigenvalue weighted by atomic mass is 9.47. The third-order valence-electron chi connectivity index (χ3n) is 7.95. The molecule has 0 radical (unpaired) electrons. The predicted octanol–water partition coefficient (Wildman–Crippen LogP) is 4.73. The third kappa shape index (κ3) is 1.91. The normalized spacial score (nSPS) is 44.5. The van der Waals surface area contributed by atoms with E-state index >= 15 is 0 Å². The van der Waals surface area contributed by atoms with Crippen LogP contribution in [0.5, 0.6) is 0 Å². The molecule has 0 unspecified atom stereocenters. The number of rotatable bonds is 1. The first-order valence-corrected chi connectivity index (χ1v) is 9.27. The summed E-state index contributed by atoms with van der Waals surface area (Å²) in [5, 5.41) is 3.78. The van der Waals surface area contributed by atoms with Crippen molar-refractivity contribution in [1.29, 1.82) is 0 Å². The Kier molecular flexibility index (Phi) is 3.44. The number of carbonyl (C=O) groups is 2. The van der Waals surface area contributed by atoms with Gasteiger partial charge in [0.1, 0.15) is 5.78 Å². The van der Waals surface area contributed by atoms with E-state index in [0.29, 0.717) is 35.7 Å². The van der Waals surface area contributed by atoms with Crippen LogP contribution in [0, 0.1) is 28.6 Å². The van der Waals surface area contributed by atoms with Gasteiger partial charge in [-0.05, 0) is 67.2 Å². The Hall–Kier alpha value is -1.61. The largest absolute Gasteiger partial charge is 0.299 e. The number of ketones is 2. The number of nitrogens with zero attached hydrogens (tertiary/aromatic N) is 3. The van der Waals surface area contributed by atoms with Gasteiger partial charge in [-0.2, -0.15) is 0 Å². The molecule has 5 atom stereocenters. The van der Waals surface area contributed by atoms with E-state index in [0.717, 1.165) is 50.5 Å². The topological polar surface area (TPSA) is 82.9 Å². The molecule has 0 bridgehead atoms. The van der Waals surface area contributed by atoms with Gasteiger partial charge in [-0.3, -0.25) is 9.59 Å². The number of Topliss-reactive ketones (excluding diaryl/α,β-unsaturated/α-hetero) is 2. The van der Waals surface area contributed by atoms with E-state index in [1.807, 2.05) is 0 Å². The first kappa shape index (κ1) is 15.9. The van der Waals surface area contributed by atoms with Crippen molar-refractivity contribution in [3.63, 3.8) is 0 Å². The van der Waals surface area contributed by atoms with E-state index in [1.165, 1.54) is 0 Å². The van der Waals surface area contributed by atoms with E-state index in [1.54, 1.807) is 0 Å². The van der Waals surface area contributed by atoms with Gasteiger partial charge in [0, 0.05) is 23.2 Å². The number of fused-ring (bicyclic) bond motifs is 5.